The summed E-state index contributed by atoms with van der Waals surface area (Å²) in [6, 6.07) is 16.2. The van der Waals surface area contributed by atoms with Gasteiger partial charge in [0.25, 0.3) is 0 Å². The molecule has 1 aliphatic heterocycles. The van der Waals surface area contributed by atoms with Gasteiger partial charge in [-0.1, -0.05) is 50.6 Å². The Morgan fingerprint density at radius 2 is 1.69 bits per heavy atom. The molecule has 0 aliphatic carbocycles. The van der Waals surface area contributed by atoms with Crippen LogP contribution >= 0.6 is 0 Å². The fraction of sp³-hybridized carbons (Fsp3) is 0.400. The lowest BCUT2D eigenvalue weighted by Crippen LogP contribution is -2.57. The molecule has 0 saturated carbocycles. The monoisotopic (exact) mass is 498 g/mol. The summed E-state index contributed by atoms with van der Waals surface area (Å²) >= 11 is 0. The number of piperazine rings is 1. The number of hydrogen-bond donors (Lipinski definition) is 1. The molecule has 10 heteroatoms. The van der Waals surface area contributed by atoms with Crippen LogP contribution in [-0.4, -0.2) is 61.8 Å². The van der Waals surface area contributed by atoms with Crippen molar-refractivity contribution >= 4 is 22.0 Å². The highest BCUT2D eigenvalue weighted by Gasteiger charge is 2.35. The fourth-order valence-electron chi connectivity index (χ4n) is 3.77. The summed E-state index contributed by atoms with van der Waals surface area (Å²) < 4.78 is 32.5. The highest BCUT2D eigenvalue weighted by Crippen LogP contribution is 2.20. The molecule has 2 aromatic carbocycles. The van der Waals surface area contributed by atoms with Crippen molar-refractivity contribution in [1.82, 2.24) is 14.5 Å². The van der Waals surface area contributed by atoms with Gasteiger partial charge in [0.2, 0.25) is 15.9 Å². The molecule has 0 unspecified atom stereocenters. The minimum absolute atomic E-state index is 0.0972. The molecule has 0 bridgehead atoms. The number of ether oxygens (including phenoxy) is 1. The van der Waals surface area contributed by atoms with Gasteiger partial charge in [0.05, 0.1) is 16.5 Å². The topological polar surface area (TPSA) is 120 Å². The molecule has 2 aromatic rings. The zero-order chi connectivity index (χ0) is 25.4. The van der Waals surface area contributed by atoms with E-state index in [2.05, 4.69) is 5.32 Å². The van der Waals surface area contributed by atoms with Crippen LogP contribution in [0.1, 0.15) is 31.4 Å². The highest BCUT2D eigenvalue weighted by atomic mass is 32.2. The molecule has 1 fully saturated rings. The number of amides is 2. The molecular weight excluding hydrogens is 468 g/mol. The third kappa shape index (κ3) is 6.59. The Hall–Kier alpha value is -3.42. The predicted molar refractivity (Wildman–Crippen MR) is 130 cm³/mol. The third-order valence-corrected chi connectivity index (χ3v) is 8.05. The second-order valence-electron chi connectivity index (χ2n) is 8.43. The Balaban J connectivity index is 1.60. The number of hydrogen-bond acceptors (Lipinski definition) is 6. The van der Waals surface area contributed by atoms with E-state index in [1.165, 1.54) is 28.6 Å². The van der Waals surface area contributed by atoms with Crippen LogP contribution < -0.4 is 5.32 Å². The van der Waals surface area contributed by atoms with Gasteiger partial charge >= 0.3 is 6.09 Å². The summed E-state index contributed by atoms with van der Waals surface area (Å²) in [6.07, 6.45) is -0.00267. The number of nitrogens with one attached hydrogen (secondary N) is 1. The van der Waals surface area contributed by atoms with Crippen molar-refractivity contribution in [1.29, 1.82) is 5.26 Å². The van der Waals surface area contributed by atoms with Gasteiger partial charge < -0.3 is 15.0 Å². The number of sulfonamides is 1. The van der Waals surface area contributed by atoms with E-state index >= 15 is 0 Å². The number of carbonyl (C=O) groups excluding carboxylic acids is 2. The van der Waals surface area contributed by atoms with Crippen molar-refractivity contribution in [3.63, 3.8) is 0 Å². The second kappa shape index (κ2) is 11.8. The van der Waals surface area contributed by atoms with Crippen LogP contribution in [-0.2, 0) is 26.2 Å². The molecule has 186 valence electrons. The number of alkyl carbamates (subject to hydrolysis) is 1. The average Bonchev–Trinajstić information content (AvgIpc) is 2.90. The number of nitriles is 1. The summed E-state index contributed by atoms with van der Waals surface area (Å²) in [5, 5.41) is 11.6. The van der Waals surface area contributed by atoms with Crippen LogP contribution in [0.3, 0.4) is 0 Å². The van der Waals surface area contributed by atoms with E-state index in [0.29, 0.717) is 12.0 Å². The lowest BCUT2D eigenvalue weighted by atomic mass is 9.97. The molecule has 1 N–H and O–H groups in total. The number of benzene rings is 2. The van der Waals surface area contributed by atoms with Crippen LogP contribution in [0.5, 0.6) is 0 Å². The van der Waals surface area contributed by atoms with E-state index < -0.39 is 22.2 Å². The molecule has 2 atom stereocenters. The van der Waals surface area contributed by atoms with E-state index in [1.54, 1.807) is 4.90 Å². The lowest BCUT2D eigenvalue weighted by Gasteiger charge is -2.36. The number of carbonyl (C=O) groups is 2. The minimum Gasteiger partial charge on any atom is -0.445 e. The molecule has 0 spiro atoms. The highest BCUT2D eigenvalue weighted by molar-refractivity contribution is 7.89. The first-order valence-corrected chi connectivity index (χ1v) is 13.0. The van der Waals surface area contributed by atoms with Gasteiger partial charge in [0.1, 0.15) is 12.6 Å². The summed E-state index contributed by atoms with van der Waals surface area (Å²) in [5.41, 5.74) is 1.22. The fourth-order valence-corrected chi connectivity index (χ4v) is 5.19. The second-order valence-corrected chi connectivity index (χ2v) is 10.4. The van der Waals surface area contributed by atoms with Crippen LogP contribution in [0.2, 0.25) is 0 Å². The smallest absolute Gasteiger partial charge is 0.408 e. The molecule has 1 saturated heterocycles. The Labute approximate surface area is 206 Å². The minimum atomic E-state index is -3.73. The summed E-state index contributed by atoms with van der Waals surface area (Å²) in [7, 11) is -3.73. The van der Waals surface area contributed by atoms with Crippen molar-refractivity contribution in [3.05, 3.63) is 65.7 Å². The summed E-state index contributed by atoms with van der Waals surface area (Å²) in [5.74, 6) is -0.390. The van der Waals surface area contributed by atoms with Crippen LogP contribution in [0.25, 0.3) is 0 Å². The van der Waals surface area contributed by atoms with E-state index in [-0.39, 0.29) is 49.5 Å². The van der Waals surface area contributed by atoms with E-state index in [9.17, 15) is 18.0 Å². The number of nitrogens with zero attached hydrogens (tertiary/aromatic N) is 3. The molecule has 1 heterocycles. The maximum absolute atomic E-state index is 13.3. The van der Waals surface area contributed by atoms with Gasteiger partial charge in [0, 0.05) is 26.2 Å². The van der Waals surface area contributed by atoms with Gasteiger partial charge in [-0.15, -0.1) is 0 Å². The molecule has 3 rings (SSSR count). The van der Waals surface area contributed by atoms with Crippen molar-refractivity contribution < 1.29 is 22.7 Å². The zero-order valence-electron chi connectivity index (χ0n) is 19.9. The van der Waals surface area contributed by atoms with E-state index in [1.807, 2.05) is 50.2 Å². The Kier molecular flexibility index (Phi) is 8.84. The van der Waals surface area contributed by atoms with Gasteiger partial charge in [-0.3, -0.25) is 4.79 Å². The predicted octanol–water partition coefficient (Wildman–Crippen LogP) is 2.73. The maximum Gasteiger partial charge on any atom is 0.408 e. The van der Waals surface area contributed by atoms with Gasteiger partial charge in [0.15, 0.2) is 0 Å². The Bertz CT molecular complexity index is 1150. The first kappa shape index (κ1) is 26.2. The van der Waals surface area contributed by atoms with E-state index in [4.69, 9.17) is 10.00 Å². The molecule has 2 amide bonds. The SMILES string of the molecule is CC[C@H](C)[C@H](NC(=O)OCc1ccccc1)C(=O)N1CCN(S(=O)(=O)c2ccc(C#N)cc2)CC1. The Morgan fingerprint density at radius 1 is 1.06 bits per heavy atom. The number of rotatable bonds is 8. The average molecular weight is 499 g/mol. The van der Waals surface area contributed by atoms with Gasteiger partial charge in [-0.25, -0.2) is 13.2 Å². The Morgan fingerprint density at radius 3 is 2.26 bits per heavy atom. The van der Waals surface area contributed by atoms with Gasteiger partial charge in [-0.05, 0) is 35.7 Å². The van der Waals surface area contributed by atoms with Crippen LogP contribution in [0.4, 0.5) is 4.79 Å². The molecule has 35 heavy (non-hydrogen) atoms. The van der Waals surface area contributed by atoms with Crippen molar-refractivity contribution in [3.8, 4) is 6.07 Å². The largest absolute Gasteiger partial charge is 0.445 e. The molecule has 9 nitrogen and oxygen atoms in total. The van der Waals surface area contributed by atoms with Crippen LogP contribution in [0, 0.1) is 17.2 Å². The normalized spacial score (nSPS) is 16.1. The summed E-state index contributed by atoms with van der Waals surface area (Å²) in [4.78, 5) is 27.4. The molecule has 0 aromatic heterocycles. The maximum atomic E-state index is 13.3. The first-order valence-electron chi connectivity index (χ1n) is 11.5. The quantitative estimate of drug-likeness (QED) is 0.598. The summed E-state index contributed by atoms with van der Waals surface area (Å²) in [6.45, 7) is 4.61. The van der Waals surface area contributed by atoms with Crippen molar-refractivity contribution in [2.75, 3.05) is 26.2 Å². The molecule has 0 radical (unpaired) electrons. The first-order chi connectivity index (χ1) is 16.8. The van der Waals surface area contributed by atoms with Crippen molar-refractivity contribution in [2.45, 2.75) is 37.8 Å². The van der Waals surface area contributed by atoms with Crippen LogP contribution in [0.15, 0.2) is 59.5 Å². The standard InChI is InChI=1S/C25H30N4O5S/c1-3-19(2)23(27-25(31)34-18-21-7-5-4-6-8-21)24(30)28-13-15-29(16-14-28)35(32,33)22-11-9-20(17-26)10-12-22/h4-12,19,23H,3,13-16,18H2,1-2H3,(H,27,31)/t19-,23-/m0/s1. The van der Waals surface area contributed by atoms with E-state index in [0.717, 1.165) is 5.56 Å². The van der Waals surface area contributed by atoms with Gasteiger partial charge in [-0.2, -0.15) is 9.57 Å². The molecule has 1 aliphatic rings. The third-order valence-electron chi connectivity index (χ3n) is 6.14. The zero-order valence-corrected chi connectivity index (χ0v) is 20.7. The van der Waals surface area contributed by atoms with Crippen molar-refractivity contribution in [2.24, 2.45) is 5.92 Å². The lowest BCUT2D eigenvalue weighted by molar-refractivity contribution is -0.135. The molecular formula is C25H30N4O5S.